The maximum Gasteiger partial charge on any atom is 0.307 e. The lowest BCUT2D eigenvalue weighted by atomic mass is 10.0. The van der Waals surface area contributed by atoms with Gasteiger partial charge >= 0.3 is 5.97 Å². The van der Waals surface area contributed by atoms with Gasteiger partial charge in [-0.3, -0.25) is 9.59 Å². The Hall–Kier alpha value is -3.29. The van der Waals surface area contributed by atoms with Crippen LogP contribution in [0, 0.1) is 13.8 Å². The van der Waals surface area contributed by atoms with Crippen molar-refractivity contribution in [2.45, 2.75) is 39.2 Å². The number of methoxy groups -OCH3 is 1. The zero-order valence-electron chi connectivity index (χ0n) is 16.2. The van der Waals surface area contributed by atoms with Gasteiger partial charge in [0.15, 0.2) is 0 Å². The molecule has 8 nitrogen and oxygen atoms in total. The fraction of sp³-hybridized carbons (Fsp3) is 0.350. The van der Waals surface area contributed by atoms with Gasteiger partial charge in [-0.05, 0) is 31.4 Å². The normalized spacial score (nSPS) is 12.0. The molecule has 3 rings (SSSR count). The number of carbonyl (C=O) groups excluding carboxylic acids is 2. The van der Waals surface area contributed by atoms with Crippen molar-refractivity contribution in [3.05, 3.63) is 59.2 Å². The molecule has 0 aliphatic rings. The van der Waals surface area contributed by atoms with Gasteiger partial charge < -0.3 is 10.1 Å². The van der Waals surface area contributed by atoms with Crippen LogP contribution in [0.1, 0.15) is 41.4 Å². The highest BCUT2D eigenvalue weighted by Gasteiger charge is 2.19. The van der Waals surface area contributed by atoms with Crippen LogP contribution >= 0.6 is 0 Å². The lowest BCUT2D eigenvalue weighted by Gasteiger charge is -2.18. The van der Waals surface area contributed by atoms with Gasteiger partial charge in [0.05, 0.1) is 19.6 Å². The average Bonchev–Trinajstić information content (AvgIpc) is 3.16. The molecule has 0 radical (unpaired) electrons. The molecule has 1 atom stereocenters. The van der Waals surface area contributed by atoms with Crippen LogP contribution in [0.4, 0.5) is 0 Å². The topological polar surface area (TPSA) is 98.5 Å². The third kappa shape index (κ3) is 4.33. The average molecular weight is 381 g/mol. The number of nitrogens with zero attached hydrogens (tertiary/aromatic N) is 4. The molecule has 1 N–H and O–H groups in total. The van der Waals surface area contributed by atoms with E-state index in [2.05, 4.69) is 20.4 Å². The Morgan fingerprint density at radius 2 is 1.96 bits per heavy atom. The van der Waals surface area contributed by atoms with Crippen LogP contribution in [-0.4, -0.2) is 38.6 Å². The molecule has 2 aromatic heterocycles. The van der Waals surface area contributed by atoms with Crippen molar-refractivity contribution in [3.63, 3.8) is 0 Å². The summed E-state index contributed by atoms with van der Waals surface area (Å²) in [5, 5.41) is 7.11. The summed E-state index contributed by atoms with van der Waals surface area (Å²) >= 11 is 0. The Bertz CT molecular complexity index is 984. The second-order valence-corrected chi connectivity index (χ2v) is 6.54. The highest BCUT2D eigenvalue weighted by atomic mass is 16.5. The van der Waals surface area contributed by atoms with Crippen LogP contribution < -0.4 is 5.32 Å². The van der Waals surface area contributed by atoms with E-state index in [-0.39, 0.29) is 24.7 Å². The summed E-state index contributed by atoms with van der Waals surface area (Å²) in [4.78, 5) is 32.9. The zero-order valence-corrected chi connectivity index (χ0v) is 16.2. The van der Waals surface area contributed by atoms with Crippen LogP contribution in [0.2, 0.25) is 0 Å². The van der Waals surface area contributed by atoms with E-state index in [0.29, 0.717) is 12.2 Å². The zero-order chi connectivity index (χ0) is 20.1. The number of esters is 1. The number of aromatic nitrogens is 4. The molecule has 146 valence electrons. The predicted octanol–water partition coefficient (Wildman–Crippen LogP) is 2.09. The van der Waals surface area contributed by atoms with Crippen molar-refractivity contribution >= 4 is 17.7 Å². The van der Waals surface area contributed by atoms with Crippen molar-refractivity contribution < 1.29 is 14.3 Å². The Labute approximate surface area is 163 Å². The molecule has 0 aliphatic carbocycles. The number of hydrogen-bond donors (Lipinski definition) is 1. The number of aryl methyl sites for hydroxylation is 2. The van der Waals surface area contributed by atoms with Crippen molar-refractivity contribution in [3.8, 4) is 0 Å². The summed E-state index contributed by atoms with van der Waals surface area (Å²) in [5.41, 5.74) is 3.58. The molecule has 1 amide bonds. The lowest BCUT2D eigenvalue weighted by molar-refractivity contribution is -0.141. The van der Waals surface area contributed by atoms with E-state index in [1.807, 2.05) is 44.2 Å². The van der Waals surface area contributed by atoms with E-state index in [4.69, 9.17) is 4.74 Å². The molecule has 0 spiro atoms. The number of amides is 1. The number of carbonyl (C=O) groups is 2. The van der Waals surface area contributed by atoms with E-state index < -0.39 is 6.04 Å². The number of ether oxygens (including phenoxy) is 1. The van der Waals surface area contributed by atoms with E-state index in [1.165, 1.54) is 13.4 Å². The fourth-order valence-electron chi connectivity index (χ4n) is 3.21. The summed E-state index contributed by atoms with van der Waals surface area (Å²) in [6.45, 7) is 3.84. The molecular weight excluding hydrogens is 358 g/mol. The molecule has 0 aliphatic heterocycles. The number of fused-ring (bicyclic) bond motifs is 1. The largest absolute Gasteiger partial charge is 0.469 e. The van der Waals surface area contributed by atoms with Gasteiger partial charge in [0.2, 0.25) is 5.91 Å². The van der Waals surface area contributed by atoms with E-state index in [1.54, 1.807) is 4.52 Å². The van der Waals surface area contributed by atoms with Crippen molar-refractivity contribution in [2.24, 2.45) is 0 Å². The van der Waals surface area contributed by atoms with Gasteiger partial charge in [0.25, 0.3) is 5.78 Å². The van der Waals surface area contributed by atoms with Crippen molar-refractivity contribution in [1.82, 2.24) is 24.9 Å². The second kappa shape index (κ2) is 8.60. The molecule has 3 aromatic rings. The monoisotopic (exact) mass is 381 g/mol. The molecule has 8 heteroatoms. The summed E-state index contributed by atoms with van der Waals surface area (Å²) in [5.74, 6) is 0.0299. The van der Waals surface area contributed by atoms with Gasteiger partial charge in [0, 0.05) is 17.8 Å². The smallest absolute Gasteiger partial charge is 0.307 e. The van der Waals surface area contributed by atoms with Crippen LogP contribution in [0.15, 0.2) is 36.7 Å². The Morgan fingerprint density at radius 1 is 1.21 bits per heavy atom. The molecule has 2 heterocycles. The van der Waals surface area contributed by atoms with E-state index in [9.17, 15) is 9.59 Å². The quantitative estimate of drug-likeness (QED) is 0.629. The number of rotatable bonds is 7. The first-order valence-corrected chi connectivity index (χ1v) is 9.06. The third-order valence-corrected chi connectivity index (χ3v) is 4.73. The van der Waals surface area contributed by atoms with E-state index >= 15 is 0 Å². The number of nitrogens with one attached hydrogen (secondary N) is 1. The van der Waals surface area contributed by atoms with Gasteiger partial charge in [-0.1, -0.05) is 30.3 Å². The predicted molar refractivity (Wildman–Crippen MR) is 103 cm³/mol. The summed E-state index contributed by atoms with van der Waals surface area (Å²) in [7, 11) is 1.34. The number of benzene rings is 1. The molecule has 1 aromatic carbocycles. The molecule has 0 saturated heterocycles. The molecule has 0 bridgehead atoms. The number of hydrogen-bond acceptors (Lipinski definition) is 6. The maximum absolute atomic E-state index is 12.6. The molecule has 0 fully saturated rings. The highest BCUT2D eigenvalue weighted by molar-refractivity contribution is 5.78. The Morgan fingerprint density at radius 3 is 2.68 bits per heavy atom. The molecule has 0 saturated carbocycles. The fourth-order valence-corrected chi connectivity index (χ4v) is 3.21. The van der Waals surface area contributed by atoms with Gasteiger partial charge in [-0.2, -0.15) is 10.1 Å². The first-order valence-electron chi connectivity index (χ1n) is 9.06. The standard InChI is InChI=1S/C20H23N5O3/c1-13-16(14(2)25-20(23-13)21-12-22-25)9-10-18(26)24-17(11-19(27)28-3)15-7-5-4-6-8-15/h4-8,12,17H,9-11H2,1-3H3,(H,24,26). The van der Waals surface area contributed by atoms with Gasteiger partial charge in [-0.15, -0.1) is 0 Å². The SMILES string of the molecule is COC(=O)CC(NC(=O)CCc1c(C)nc2ncnn2c1C)c1ccccc1. The first kappa shape index (κ1) is 19.5. The molecule has 28 heavy (non-hydrogen) atoms. The lowest BCUT2D eigenvalue weighted by Crippen LogP contribution is -2.30. The Kier molecular flexibility index (Phi) is 5.98. The summed E-state index contributed by atoms with van der Waals surface area (Å²) < 4.78 is 6.43. The van der Waals surface area contributed by atoms with Crippen LogP contribution in [0.25, 0.3) is 5.78 Å². The minimum Gasteiger partial charge on any atom is -0.469 e. The second-order valence-electron chi connectivity index (χ2n) is 6.54. The van der Waals surface area contributed by atoms with Crippen molar-refractivity contribution in [1.29, 1.82) is 0 Å². The van der Waals surface area contributed by atoms with Crippen molar-refractivity contribution in [2.75, 3.05) is 7.11 Å². The van der Waals surface area contributed by atoms with Crippen LogP contribution in [0.5, 0.6) is 0 Å². The first-order chi connectivity index (χ1) is 13.5. The van der Waals surface area contributed by atoms with Crippen LogP contribution in [-0.2, 0) is 20.7 Å². The maximum atomic E-state index is 12.6. The summed E-state index contributed by atoms with van der Waals surface area (Å²) in [6, 6.07) is 8.96. The van der Waals surface area contributed by atoms with E-state index in [0.717, 1.165) is 22.5 Å². The molecule has 1 unspecified atom stereocenters. The minimum atomic E-state index is -0.431. The Balaban J connectivity index is 1.70. The molecular formula is C20H23N5O3. The van der Waals surface area contributed by atoms with Crippen LogP contribution in [0.3, 0.4) is 0 Å². The minimum absolute atomic E-state index is 0.0801. The highest BCUT2D eigenvalue weighted by Crippen LogP contribution is 2.19. The van der Waals surface area contributed by atoms with Gasteiger partial charge in [-0.25, -0.2) is 9.50 Å². The third-order valence-electron chi connectivity index (χ3n) is 4.73. The summed E-state index contributed by atoms with van der Waals surface area (Å²) in [6.07, 6.45) is 2.33. The van der Waals surface area contributed by atoms with Gasteiger partial charge in [0.1, 0.15) is 6.33 Å².